The van der Waals surface area contributed by atoms with Gasteiger partial charge in [-0.15, -0.1) is 5.10 Å². The van der Waals surface area contributed by atoms with Crippen LogP contribution >= 0.6 is 11.5 Å². The van der Waals surface area contributed by atoms with E-state index in [1.54, 1.807) is 0 Å². The maximum absolute atomic E-state index is 5.61. The standard InChI is InChI=1S/C9H16N4O2S/c10-11-9-8(12-13-16-9)6-15-5-7-1-3-14-4-2-7/h7,11H,1-6,10H2. The molecule has 0 spiro atoms. The van der Waals surface area contributed by atoms with Crippen molar-refractivity contribution in [1.29, 1.82) is 0 Å². The van der Waals surface area contributed by atoms with E-state index in [2.05, 4.69) is 15.0 Å². The van der Waals surface area contributed by atoms with Crippen molar-refractivity contribution in [2.75, 3.05) is 25.2 Å². The Hall–Kier alpha value is -0.760. The summed E-state index contributed by atoms with van der Waals surface area (Å²) >= 11 is 1.24. The summed E-state index contributed by atoms with van der Waals surface area (Å²) in [7, 11) is 0. The summed E-state index contributed by atoms with van der Waals surface area (Å²) in [6, 6.07) is 0. The van der Waals surface area contributed by atoms with Crippen molar-refractivity contribution in [2.45, 2.75) is 19.4 Å². The highest BCUT2D eigenvalue weighted by molar-refractivity contribution is 7.10. The van der Waals surface area contributed by atoms with Crippen molar-refractivity contribution in [3.05, 3.63) is 5.69 Å². The summed E-state index contributed by atoms with van der Waals surface area (Å²) in [5.41, 5.74) is 3.33. The Bertz CT molecular complexity index is 314. The molecule has 90 valence electrons. The van der Waals surface area contributed by atoms with Crippen molar-refractivity contribution in [1.82, 2.24) is 9.59 Å². The maximum atomic E-state index is 5.61. The number of hydrazine groups is 1. The molecule has 7 heteroatoms. The van der Waals surface area contributed by atoms with Gasteiger partial charge in [-0.1, -0.05) is 4.49 Å². The second-order valence-corrected chi connectivity index (χ2v) is 4.52. The average Bonchev–Trinajstić information content (AvgIpc) is 2.78. The molecule has 0 radical (unpaired) electrons. The summed E-state index contributed by atoms with van der Waals surface area (Å²) in [6.45, 7) is 2.92. The first-order chi connectivity index (χ1) is 7.90. The Labute approximate surface area is 98.3 Å². The number of anilines is 1. The van der Waals surface area contributed by atoms with Gasteiger partial charge in [0.25, 0.3) is 0 Å². The minimum atomic E-state index is 0.466. The van der Waals surface area contributed by atoms with Crippen LogP contribution < -0.4 is 11.3 Å². The summed E-state index contributed by atoms with van der Waals surface area (Å²) in [4.78, 5) is 0. The molecule has 0 aromatic carbocycles. The Morgan fingerprint density at radius 3 is 3.06 bits per heavy atom. The predicted molar refractivity (Wildman–Crippen MR) is 60.9 cm³/mol. The molecule has 1 aliphatic rings. The van der Waals surface area contributed by atoms with Crippen LogP contribution in [-0.4, -0.2) is 29.4 Å². The minimum Gasteiger partial charge on any atom is -0.381 e. The molecule has 0 amide bonds. The zero-order valence-corrected chi connectivity index (χ0v) is 9.83. The van der Waals surface area contributed by atoms with Crippen molar-refractivity contribution in [3.8, 4) is 0 Å². The van der Waals surface area contributed by atoms with E-state index in [4.69, 9.17) is 15.3 Å². The number of ether oxygens (including phenoxy) is 2. The Morgan fingerprint density at radius 1 is 1.50 bits per heavy atom. The minimum absolute atomic E-state index is 0.466. The molecule has 6 nitrogen and oxygen atoms in total. The van der Waals surface area contributed by atoms with E-state index < -0.39 is 0 Å². The number of hydrogen-bond donors (Lipinski definition) is 2. The molecule has 2 heterocycles. The first kappa shape index (κ1) is 11.7. The highest BCUT2D eigenvalue weighted by atomic mass is 32.1. The third-order valence-corrected chi connectivity index (χ3v) is 3.32. The molecule has 1 aliphatic heterocycles. The fourth-order valence-corrected chi connectivity index (χ4v) is 2.13. The zero-order chi connectivity index (χ0) is 11.2. The molecular formula is C9H16N4O2S. The van der Waals surface area contributed by atoms with Gasteiger partial charge in [0.15, 0.2) is 0 Å². The summed E-state index contributed by atoms with van der Waals surface area (Å²) in [5, 5.41) is 4.72. The van der Waals surface area contributed by atoms with Gasteiger partial charge in [0.1, 0.15) is 10.7 Å². The van der Waals surface area contributed by atoms with E-state index >= 15 is 0 Å². The largest absolute Gasteiger partial charge is 0.381 e. The van der Waals surface area contributed by atoms with Crippen molar-refractivity contribution in [2.24, 2.45) is 11.8 Å². The lowest BCUT2D eigenvalue weighted by Crippen LogP contribution is -2.20. The van der Waals surface area contributed by atoms with E-state index in [1.807, 2.05) is 0 Å². The molecule has 0 aliphatic carbocycles. The molecule has 1 aromatic heterocycles. The Kier molecular flexibility index (Phi) is 4.46. The lowest BCUT2D eigenvalue weighted by molar-refractivity contribution is 0.0151. The molecule has 0 saturated carbocycles. The van der Waals surface area contributed by atoms with Crippen LogP contribution in [0.3, 0.4) is 0 Å². The first-order valence-corrected chi connectivity index (χ1v) is 6.11. The molecule has 1 aromatic rings. The van der Waals surface area contributed by atoms with E-state index in [-0.39, 0.29) is 0 Å². The second kappa shape index (κ2) is 6.09. The van der Waals surface area contributed by atoms with Crippen LogP contribution in [0, 0.1) is 5.92 Å². The van der Waals surface area contributed by atoms with E-state index in [0.29, 0.717) is 12.5 Å². The van der Waals surface area contributed by atoms with Crippen molar-refractivity contribution in [3.63, 3.8) is 0 Å². The summed E-state index contributed by atoms with van der Waals surface area (Å²) in [5.74, 6) is 5.92. The first-order valence-electron chi connectivity index (χ1n) is 5.33. The maximum Gasteiger partial charge on any atom is 0.149 e. The number of nitrogens with one attached hydrogen (secondary N) is 1. The zero-order valence-electron chi connectivity index (χ0n) is 9.02. The Morgan fingerprint density at radius 2 is 2.31 bits per heavy atom. The number of nitrogens with zero attached hydrogens (tertiary/aromatic N) is 2. The fourth-order valence-electron chi connectivity index (χ4n) is 1.65. The van der Waals surface area contributed by atoms with E-state index in [9.17, 15) is 0 Å². The highest BCUT2D eigenvalue weighted by Gasteiger charge is 2.14. The van der Waals surface area contributed by atoms with Crippen molar-refractivity contribution < 1.29 is 9.47 Å². The summed E-state index contributed by atoms with van der Waals surface area (Å²) < 4.78 is 14.7. The second-order valence-electron chi connectivity index (χ2n) is 3.76. The van der Waals surface area contributed by atoms with Crippen molar-refractivity contribution >= 4 is 16.5 Å². The SMILES string of the molecule is NNc1snnc1COCC1CCOCC1. The molecule has 0 atom stereocenters. The van der Waals surface area contributed by atoms with Gasteiger partial charge in [-0.25, -0.2) is 5.84 Å². The molecule has 1 saturated heterocycles. The predicted octanol–water partition coefficient (Wildman–Crippen LogP) is 0.767. The van der Waals surface area contributed by atoms with Gasteiger partial charge < -0.3 is 14.9 Å². The molecule has 16 heavy (non-hydrogen) atoms. The number of nitrogens with two attached hydrogens (primary N) is 1. The molecule has 0 unspecified atom stereocenters. The van der Waals surface area contributed by atoms with Crippen LogP contribution in [0.1, 0.15) is 18.5 Å². The topological polar surface area (TPSA) is 82.3 Å². The molecule has 0 bridgehead atoms. The van der Waals surface area contributed by atoms with Crippen LogP contribution in [0.25, 0.3) is 0 Å². The van der Waals surface area contributed by atoms with Gasteiger partial charge in [-0.2, -0.15) is 0 Å². The number of nitrogen functional groups attached to an aromatic ring is 1. The Balaban J connectivity index is 1.71. The highest BCUT2D eigenvalue weighted by Crippen LogP contribution is 2.19. The quantitative estimate of drug-likeness (QED) is 0.588. The van der Waals surface area contributed by atoms with Gasteiger partial charge in [-0.05, 0) is 18.8 Å². The van der Waals surface area contributed by atoms with E-state index in [0.717, 1.165) is 43.4 Å². The number of rotatable bonds is 5. The number of aromatic nitrogens is 2. The van der Waals surface area contributed by atoms with Gasteiger partial charge in [0.05, 0.1) is 13.2 Å². The van der Waals surface area contributed by atoms with Crippen LogP contribution in [0.2, 0.25) is 0 Å². The molecule has 1 fully saturated rings. The lowest BCUT2D eigenvalue weighted by atomic mass is 10.0. The van der Waals surface area contributed by atoms with Gasteiger partial charge in [0.2, 0.25) is 0 Å². The normalized spacial score (nSPS) is 17.6. The van der Waals surface area contributed by atoms with Gasteiger partial charge >= 0.3 is 0 Å². The van der Waals surface area contributed by atoms with Crippen LogP contribution in [0.5, 0.6) is 0 Å². The average molecular weight is 244 g/mol. The molecule has 2 rings (SSSR count). The van der Waals surface area contributed by atoms with Crippen LogP contribution in [0.15, 0.2) is 0 Å². The number of hydrogen-bond acceptors (Lipinski definition) is 7. The summed E-state index contributed by atoms with van der Waals surface area (Å²) in [6.07, 6.45) is 2.16. The van der Waals surface area contributed by atoms with Crippen LogP contribution in [-0.2, 0) is 16.1 Å². The van der Waals surface area contributed by atoms with Crippen LogP contribution in [0.4, 0.5) is 5.00 Å². The third-order valence-electron chi connectivity index (χ3n) is 2.62. The van der Waals surface area contributed by atoms with Gasteiger partial charge in [-0.3, -0.25) is 0 Å². The fraction of sp³-hybridized carbons (Fsp3) is 0.778. The van der Waals surface area contributed by atoms with Gasteiger partial charge in [0, 0.05) is 24.7 Å². The molecular weight excluding hydrogens is 228 g/mol. The lowest BCUT2D eigenvalue weighted by Gasteiger charge is -2.21. The molecule has 3 N–H and O–H groups in total. The monoisotopic (exact) mass is 244 g/mol. The smallest absolute Gasteiger partial charge is 0.149 e. The third kappa shape index (κ3) is 3.11. The van der Waals surface area contributed by atoms with E-state index in [1.165, 1.54) is 11.5 Å².